The summed E-state index contributed by atoms with van der Waals surface area (Å²) in [4.78, 5) is 12.2. The molecule has 0 saturated carbocycles. The van der Waals surface area contributed by atoms with Crippen molar-refractivity contribution in [1.29, 1.82) is 0 Å². The number of alkyl halides is 1. The Hall–Kier alpha value is -1.44. The Morgan fingerprint density at radius 1 is 1.12 bits per heavy atom. The lowest BCUT2D eigenvalue weighted by Gasteiger charge is -2.14. The van der Waals surface area contributed by atoms with Gasteiger partial charge in [-0.2, -0.15) is 0 Å². The molecule has 0 amide bonds. The molecule has 24 heavy (non-hydrogen) atoms. The summed E-state index contributed by atoms with van der Waals surface area (Å²) in [5, 5.41) is 0. The van der Waals surface area contributed by atoms with E-state index in [2.05, 4.69) is 22.6 Å². The molecule has 2 aromatic rings. The molecule has 1 heterocycles. The van der Waals surface area contributed by atoms with Crippen LogP contribution in [0.5, 0.6) is 0 Å². The molecule has 1 aliphatic rings. The first kappa shape index (κ1) is 17.4. The van der Waals surface area contributed by atoms with Crippen LogP contribution in [0.2, 0.25) is 0 Å². The van der Waals surface area contributed by atoms with Crippen LogP contribution in [-0.2, 0) is 14.2 Å². The molecule has 2 aromatic carbocycles. The smallest absolute Gasteiger partial charge is 0.338 e. The van der Waals surface area contributed by atoms with Gasteiger partial charge in [-0.1, -0.05) is 65.1 Å². The van der Waals surface area contributed by atoms with E-state index in [-0.39, 0.29) is 28.9 Å². The molecule has 0 unspecified atom stereocenters. The molecule has 0 aromatic heterocycles. The van der Waals surface area contributed by atoms with Crippen LogP contribution in [0.1, 0.15) is 16.8 Å². The first-order valence-corrected chi connectivity index (χ1v) is 9.07. The Morgan fingerprint density at radius 2 is 1.79 bits per heavy atom. The van der Waals surface area contributed by atoms with Gasteiger partial charge in [-0.05, 0) is 23.3 Å². The third-order valence-electron chi connectivity index (χ3n) is 4.02. The zero-order valence-corrected chi connectivity index (χ0v) is 15.5. The first-order valence-electron chi connectivity index (χ1n) is 7.82. The van der Waals surface area contributed by atoms with Crippen LogP contribution in [0.4, 0.5) is 0 Å². The maximum Gasteiger partial charge on any atom is 0.338 e. The Morgan fingerprint density at radius 3 is 2.42 bits per heavy atom. The molecule has 5 heteroatoms. The lowest BCUT2D eigenvalue weighted by atomic mass is 10.0. The van der Waals surface area contributed by atoms with Gasteiger partial charge in [0, 0.05) is 17.5 Å². The lowest BCUT2D eigenvalue weighted by Crippen LogP contribution is -2.25. The van der Waals surface area contributed by atoms with Crippen LogP contribution in [0.3, 0.4) is 0 Å². The van der Waals surface area contributed by atoms with Gasteiger partial charge < -0.3 is 14.2 Å². The van der Waals surface area contributed by atoms with Crippen molar-refractivity contribution in [2.75, 3.05) is 13.7 Å². The monoisotopic (exact) mass is 438 g/mol. The second-order valence-corrected chi connectivity index (χ2v) is 7.23. The third-order valence-corrected chi connectivity index (χ3v) is 5.33. The van der Waals surface area contributed by atoms with Gasteiger partial charge in [-0.15, -0.1) is 0 Å². The van der Waals surface area contributed by atoms with E-state index in [9.17, 15) is 4.79 Å². The summed E-state index contributed by atoms with van der Waals surface area (Å²) < 4.78 is 16.5. The second kappa shape index (κ2) is 8.09. The van der Waals surface area contributed by atoms with Crippen LogP contribution in [0, 0.1) is 0 Å². The van der Waals surface area contributed by atoms with E-state index in [1.165, 1.54) is 0 Å². The number of ether oxygens (including phenoxy) is 3. The van der Waals surface area contributed by atoms with Crippen molar-refractivity contribution >= 4 is 28.6 Å². The zero-order chi connectivity index (χ0) is 16.9. The summed E-state index contributed by atoms with van der Waals surface area (Å²) in [7, 11) is 1.62. The van der Waals surface area contributed by atoms with Crippen LogP contribution >= 0.6 is 22.6 Å². The average Bonchev–Trinajstić information content (AvgIpc) is 3.00. The maximum absolute atomic E-state index is 12.2. The van der Waals surface area contributed by atoms with Crippen molar-refractivity contribution in [2.24, 2.45) is 0 Å². The summed E-state index contributed by atoms with van der Waals surface area (Å²) in [6, 6.07) is 17.5. The van der Waals surface area contributed by atoms with E-state index in [4.69, 9.17) is 14.2 Å². The molecule has 1 saturated heterocycles. The number of rotatable bonds is 5. The average molecular weight is 438 g/mol. The van der Waals surface area contributed by atoms with Crippen molar-refractivity contribution in [3.8, 4) is 11.1 Å². The van der Waals surface area contributed by atoms with E-state index in [0.29, 0.717) is 5.56 Å². The number of esters is 1. The highest BCUT2D eigenvalue weighted by atomic mass is 127. The lowest BCUT2D eigenvalue weighted by molar-refractivity contribution is -0.123. The SMILES string of the molecule is CO[C@@H]1C[C@H](I)[C@@H](COC(=O)c2ccc(-c3ccccc3)cc2)O1. The molecule has 3 atom stereocenters. The summed E-state index contributed by atoms with van der Waals surface area (Å²) >= 11 is 2.31. The van der Waals surface area contributed by atoms with Crippen LogP contribution in [0.15, 0.2) is 54.6 Å². The Kier molecular flexibility index (Phi) is 5.86. The van der Waals surface area contributed by atoms with Crippen molar-refractivity contribution in [3.05, 3.63) is 60.2 Å². The number of carbonyl (C=O) groups excluding carboxylic acids is 1. The van der Waals surface area contributed by atoms with Gasteiger partial charge in [0.1, 0.15) is 12.7 Å². The predicted molar refractivity (Wildman–Crippen MR) is 100 cm³/mol. The van der Waals surface area contributed by atoms with Crippen LogP contribution < -0.4 is 0 Å². The number of hydrogen-bond donors (Lipinski definition) is 0. The first-order chi connectivity index (χ1) is 11.7. The van der Waals surface area contributed by atoms with E-state index in [1.54, 1.807) is 19.2 Å². The topological polar surface area (TPSA) is 44.8 Å². The molecule has 0 radical (unpaired) electrons. The van der Waals surface area contributed by atoms with Crippen LogP contribution in [0.25, 0.3) is 11.1 Å². The predicted octanol–water partition coefficient (Wildman–Crippen LogP) is 4.08. The quantitative estimate of drug-likeness (QED) is 0.401. The number of hydrogen-bond acceptors (Lipinski definition) is 4. The molecular formula is C19H19IO4. The number of halogens is 1. The van der Waals surface area contributed by atoms with E-state index < -0.39 is 0 Å². The fourth-order valence-corrected chi connectivity index (χ4v) is 3.43. The van der Waals surface area contributed by atoms with E-state index >= 15 is 0 Å². The highest BCUT2D eigenvalue weighted by Gasteiger charge is 2.34. The molecule has 0 aliphatic carbocycles. The standard InChI is InChI=1S/C19H19IO4/c1-22-18-11-16(20)17(24-18)12-23-19(21)15-9-7-14(8-10-15)13-5-3-2-4-6-13/h2-10,16-18H,11-12H2,1H3/t16-,17+,18-/m0/s1. The van der Waals surface area contributed by atoms with Crippen LogP contribution in [-0.4, -0.2) is 36.0 Å². The van der Waals surface area contributed by atoms with Gasteiger partial charge in [-0.3, -0.25) is 0 Å². The summed E-state index contributed by atoms with van der Waals surface area (Å²) in [5.74, 6) is -0.331. The van der Waals surface area contributed by atoms with Gasteiger partial charge in [0.25, 0.3) is 0 Å². The fraction of sp³-hybridized carbons (Fsp3) is 0.316. The minimum absolute atomic E-state index is 0.122. The van der Waals surface area contributed by atoms with Crippen molar-refractivity contribution in [2.45, 2.75) is 22.7 Å². The highest BCUT2D eigenvalue weighted by Crippen LogP contribution is 2.28. The number of carbonyl (C=O) groups is 1. The largest absolute Gasteiger partial charge is 0.459 e. The normalized spacial score (nSPS) is 23.2. The molecule has 0 spiro atoms. The summed E-state index contributed by atoms with van der Waals surface area (Å²) in [6.45, 7) is 0.243. The molecular weight excluding hydrogens is 419 g/mol. The molecule has 1 aliphatic heterocycles. The molecule has 3 rings (SSSR count). The van der Waals surface area contributed by atoms with Gasteiger partial charge in [0.2, 0.25) is 0 Å². The molecule has 0 N–H and O–H groups in total. The minimum atomic E-state index is -0.331. The third kappa shape index (κ3) is 4.15. The molecule has 1 fully saturated rings. The fourth-order valence-electron chi connectivity index (χ4n) is 2.64. The Balaban J connectivity index is 1.58. The minimum Gasteiger partial charge on any atom is -0.459 e. The van der Waals surface area contributed by atoms with Gasteiger partial charge in [-0.25, -0.2) is 4.79 Å². The van der Waals surface area contributed by atoms with E-state index in [0.717, 1.165) is 17.5 Å². The molecule has 126 valence electrons. The maximum atomic E-state index is 12.2. The van der Waals surface area contributed by atoms with Gasteiger partial charge in [0.15, 0.2) is 6.29 Å². The summed E-state index contributed by atoms with van der Waals surface area (Å²) in [5.41, 5.74) is 2.73. The summed E-state index contributed by atoms with van der Waals surface area (Å²) in [6.07, 6.45) is 0.481. The zero-order valence-electron chi connectivity index (χ0n) is 13.4. The van der Waals surface area contributed by atoms with E-state index in [1.807, 2.05) is 42.5 Å². The number of benzene rings is 2. The van der Waals surface area contributed by atoms with Crippen molar-refractivity contribution in [3.63, 3.8) is 0 Å². The second-order valence-electron chi connectivity index (χ2n) is 5.63. The van der Waals surface area contributed by atoms with Gasteiger partial charge >= 0.3 is 5.97 Å². The Bertz CT molecular complexity index is 672. The Labute approximate surface area is 155 Å². The highest BCUT2D eigenvalue weighted by molar-refractivity contribution is 14.1. The molecule has 0 bridgehead atoms. The van der Waals surface area contributed by atoms with Crippen molar-refractivity contribution in [1.82, 2.24) is 0 Å². The van der Waals surface area contributed by atoms with Crippen molar-refractivity contribution < 1.29 is 19.0 Å². The van der Waals surface area contributed by atoms with Gasteiger partial charge in [0.05, 0.1) is 5.56 Å². The number of methoxy groups -OCH3 is 1. The molecule has 4 nitrogen and oxygen atoms in total.